The summed E-state index contributed by atoms with van der Waals surface area (Å²) in [7, 11) is -1.19. The summed E-state index contributed by atoms with van der Waals surface area (Å²) in [5.74, 6) is 1.41. The Morgan fingerprint density at radius 1 is 1.28 bits per heavy atom. The number of aromatic hydroxyl groups is 1. The summed E-state index contributed by atoms with van der Waals surface area (Å²) >= 11 is 11.8. The first-order chi connectivity index (χ1) is 17.2. The van der Waals surface area contributed by atoms with Crippen molar-refractivity contribution in [3.63, 3.8) is 0 Å². The SMILES string of the molecule is CS(=O)NC1=C[I-]C=CC(COc2ccc(C(C)(C)c3cc(Cl)c(OCCCl)c(C#N)c3O)cc2)=N1. The quantitative estimate of drug-likeness (QED) is 0.300. The van der Waals surface area contributed by atoms with Crippen molar-refractivity contribution in [3.8, 4) is 23.3 Å². The fraction of sp³-hybridized carbons (Fsp3) is 0.280. The van der Waals surface area contributed by atoms with Gasteiger partial charge in [0.25, 0.3) is 0 Å². The summed E-state index contributed by atoms with van der Waals surface area (Å²) < 4.78 is 29.7. The van der Waals surface area contributed by atoms with Gasteiger partial charge in [-0.15, -0.1) is 11.6 Å². The van der Waals surface area contributed by atoms with Gasteiger partial charge in [-0.05, 0) is 0 Å². The van der Waals surface area contributed by atoms with Gasteiger partial charge in [-0.25, -0.2) is 0 Å². The molecule has 0 fully saturated rings. The normalized spacial score (nSPS) is 14.4. The van der Waals surface area contributed by atoms with Crippen molar-refractivity contribution >= 4 is 39.9 Å². The molecule has 0 amide bonds. The first kappa shape index (κ1) is 28.3. The molecule has 1 atom stereocenters. The number of nitrogens with zero attached hydrogens (tertiary/aromatic N) is 2. The Labute approximate surface area is 233 Å². The van der Waals surface area contributed by atoms with Crippen molar-refractivity contribution < 1.29 is 40.0 Å². The maximum absolute atomic E-state index is 11.5. The predicted molar refractivity (Wildman–Crippen MR) is 140 cm³/mol. The van der Waals surface area contributed by atoms with Gasteiger partial charge in [0, 0.05) is 0 Å². The molecule has 0 saturated heterocycles. The number of alkyl halides is 1. The second-order valence-electron chi connectivity index (χ2n) is 8.12. The molecule has 0 radical (unpaired) electrons. The van der Waals surface area contributed by atoms with Gasteiger partial charge in [-0.1, -0.05) is 11.6 Å². The summed E-state index contributed by atoms with van der Waals surface area (Å²) in [4.78, 5) is 4.49. The van der Waals surface area contributed by atoms with E-state index in [1.807, 2.05) is 54.3 Å². The first-order valence-electron chi connectivity index (χ1n) is 10.7. The van der Waals surface area contributed by atoms with Crippen LogP contribution in [-0.2, 0) is 16.4 Å². The van der Waals surface area contributed by atoms with Crippen molar-refractivity contribution in [1.29, 1.82) is 5.26 Å². The molecule has 36 heavy (non-hydrogen) atoms. The third-order valence-corrected chi connectivity index (χ3v) is 7.94. The van der Waals surface area contributed by atoms with Gasteiger partial charge < -0.3 is 9.84 Å². The number of phenolic OH excluding ortho intramolecular Hbond substituents is 1. The molecule has 0 saturated carbocycles. The van der Waals surface area contributed by atoms with Crippen molar-refractivity contribution in [2.75, 3.05) is 25.3 Å². The van der Waals surface area contributed by atoms with E-state index in [-0.39, 0.29) is 62.4 Å². The molecule has 1 unspecified atom stereocenters. The molecule has 3 rings (SSSR count). The first-order valence-corrected chi connectivity index (χ1v) is 15.7. The number of benzene rings is 2. The van der Waals surface area contributed by atoms with Gasteiger partial charge in [-0.3, -0.25) is 0 Å². The van der Waals surface area contributed by atoms with E-state index in [2.05, 4.69) is 13.8 Å². The molecule has 192 valence electrons. The number of phenols is 1. The summed E-state index contributed by atoms with van der Waals surface area (Å²) in [6.45, 7) is 4.28. The Kier molecular flexibility index (Phi) is 10.1. The number of nitriles is 1. The molecule has 2 N–H and O–H groups in total. The van der Waals surface area contributed by atoms with E-state index in [0.717, 1.165) is 11.3 Å². The second kappa shape index (κ2) is 12.8. The molecule has 0 bridgehead atoms. The molecule has 7 nitrogen and oxygen atoms in total. The minimum atomic E-state index is -1.19. The summed E-state index contributed by atoms with van der Waals surface area (Å²) in [6.07, 6.45) is 3.49. The van der Waals surface area contributed by atoms with Crippen molar-refractivity contribution in [3.05, 3.63) is 72.1 Å². The fourth-order valence-corrected chi connectivity index (χ4v) is 5.87. The number of hydrogen-bond donors (Lipinski definition) is 2. The van der Waals surface area contributed by atoms with Gasteiger partial charge in [0.1, 0.15) is 18.2 Å². The zero-order valence-electron chi connectivity index (χ0n) is 19.8. The molecule has 1 aliphatic heterocycles. The van der Waals surface area contributed by atoms with E-state index in [4.69, 9.17) is 32.7 Å². The zero-order chi connectivity index (χ0) is 26.3. The number of aliphatic imine (C=N–C) groups is 1. The molecule has 2 aromatic rings. The van der Waals surface area contributed by atoms with Gasteiger partial charge in [0.15, 0.2) is 5.75 Å². The van der Waals surface area contributed by atoms with Gasteiger partial charge >= 0.3 is 162 Å². The molecule has 0 aliphatic carbocycles. The Balaban J connectivity index is 1.80. The van der Waals surface area contributed by atoms with Crippen LogP contribution in [0.2, 0.25) is 5.02 Å². The molecule has 0 spiro atoms. The standard InChI is InChI=1S/C25H25Cl2IN3O4S/c1-25(2,20-12-21(27)24(34-11-9-26)19(14-29)23(20)32)16-4-6-18(7-5-16)35-15-17-8-10-28-13-22(30-17)31-36(3)33/h4-8,10,12-13,31-32H,9,11,15H2,1-3H3/q-1. The molecule has 2 aromatic carbocycles. The van der Waals surface area contributed by atoms with Crippen molar-refractivity contribution in [2.45, 2.75) is 19.3 Å². The Morgan fingerprint density at radius 2 is 2.00 bits per heavy atom. The number of halogens is 3. The number of ether oxygens (including phenoxy) is 2. The Morgan fingerprint density at radius 3 is 2.64 bits per heavy atom. The fourth-order valence-electron chi connectivity index (χ4n) is 3.46. The van der Waals surface area contributed by atoms with Crippen LogP contribution in [0, 0.1) is 11.3 Å². The third-order valence-electron chi connectivity index (χ3n) is 5.29. The number of hydrogen-bond acceptors (Lipinski definition) is 6. The monoisotopic (exact) mass is 660 g/mol. The number of nitrogens with one attached hydrogen (secondary N) is 1. The molecule has 1 heterocycles. The predicted octanol–water partition coefficient (Wildman–Crippen LogP) is 1.98. The van der Waals surface area contributed by atoms with E-state index < -0.39 is 16.4 Å². The minimum absolute atomic E-state index is 0.0230. The van der Waals surface area contributed by atoms with E-state index in [9.17, 15) is 14.6 Å². The summed E-state index contributed by atoms with van der Waals surface area (Å²) in [6, 6.07) is 11.1. The summed E-state index contributed by atoms with van der Waals surface area (Å²) in [5, 5.41) is 20.8. The van der Waals surface area contributed by atoms with E-state index >= 15 is 0 Å². The van der Waals surface area contributed by atoms with Crippen molar-refractivity contribution in [1.82, 2.24) is 4.72 Å². The average Bonchev–Trinajstić information content (AvgIpc) is 3.07. The average molecular weight is 661 g/mol. The molecule has 1 aliphatic rings. The van der Waals surface area contributed by atoms with Crippen LogP contribution >= 0.6 is 23.2 Å². The second-order valence-corrected chi connectivity index (χ2v) is 12.1. The number of rotatable bonds is 10. The molecular weight excluding hydrogens is 636 g/mol. The van der Waals surface area contributed by atoms with E-state index in [1.165, 1.54) is 0 Å². The van der Waals surface area contributed by atoms with Crippen LogP contribution < -0.4 is 35.4 Å². The third kappa shape index (κ3) is 6.94. The topological polar surface area (TPSA) is 104 Å². The summed E-state index contributed by atoms with van der Waals surface area (Å²) in [5.41, 5.74) is 1.40. The van der Waals surface area contributed by atoms with Gasteiger partial charge in [-0.2, -0.15) is 5.26 Å². The van der Waals surface area contributed by atoms with Crippen LogP contribution in [0.25, 0.3) is 0 Å². The maximum atomic E-state index is 11.5. The molecule has 0 aromatic heterocycles. The Bertz CT molecular complexity index is 1270. The van der Waals surface area contributed by atoms with Crippen LogP contribution in [-0.4, -0.2) is 40.4 Å². The zero-order valence-corrected chi connectivity index (χ0v) is 24.3. The van der Waals surface area contributed by atoms with Crippen LogP contribution in [0.3, 0.4) is 0 Å². The van der Waals surface area contributed by atoms with Crippen LogP contribution in [0.4, 0.5) is 0 Å². The van der Waals surface area contributed by atoms with E-state index in [0.29, 0.717) is 17.1 Å². The Hall–Kier alpha value is -2.26. The van der Waals surface area contributed by atoms with Crippen LogP contribution in [0.1, 0.15) is 30.5 Å². The molecule has 11 heteroatoms. The van der Waals surface area contributed by atoms with Gasteiger partial charge in [0.05, 0.1) is 10.9 Å². The molecular formula is C25H25Cl2IN3O4S-. The van der Waals surface area contributed by atoms with Gasteiger partial charge in [0.2, 0.25) is 0 Å². The van der Waals surface area contributed by atoms with E-state index in [1.54, 1.807) is 12.3 Å². The van der Waals surface area contributed by atoms with Crippen molar-refractivity contribution in [2.24, 2.45) is 4.99 Å². The van der Waals surface area contributed by atoms with Crippen LogP contribution in [0.5, 0.6) is 17.2 Å². The van der Waals surface area contributed by atoms with Crippen LogP contribution in [0.15, 0.2) is 55.4 Å².